The Balaban J connectivity index is 2.28. The third-order valence-corrected chi connectivity index (χ3v) is 4.16. The lowest BCUT2D eigenvalue weighted by atomic mass is 9.77. The van der Waals surface area contributed by atoms with E-state index < -0.39 is 29.4 Å². The molecular formula is C19H23NO6. The molecule has 1 heterocycles. The molecule has 0 bridgehead atoms. The first-order valence-corrected chi connectivity index (χ1v) is 8.45. The van der Waals surface area contributed by atoms with E-state index in [4.69, 9.17) is 14.2 Å². The first-order valence-electron chi connectivity index (χ1n) is 8.45. The Morgan fingerprint density at radius 3 is 2.19 bits per heavy atom. The molecule has 1 aliphatic rings. The molecule has 1 aromatic carbocycles. The number of carbonyl (C=O) groups is 3. The monoisotopic (exact) mass is 361 g/mol. The summed E-state index contributed by atoms with van der Waals surface area (Å²) in [5.41, 5.74) is -0.939. The summed E-state index contributed by atoms with van der Waals surface area (Å²) in [6.07, 6.45) is 0. The highest BCUT2D eigenvalue weighted by atomic mass is 16.6. The molecule has 0 radical (unpaired) electrons. The fourth-order valence-electron chi connectivity index (χ4n) is 2.89. The van der Waals surface area contributed by atoms with Crippen molar-refractivity contribution in [2.45, 2.75) is 26.5 Å². The average molecular weight is 361 g/mol. The van der Waals surface area contributed by atoms with Crippen LogP contribution in [0, 0.1) is 5.41 Å². The van der Waals surface area contributed by atoms with Crippen LogP contribution in [0.1, 0.15) is 19.4 Å². The third-order valence-electron chi connectivity index (χ3n) is 4.16. The number of rotatable bonds is 7. The molecule has 1 aromatic rings. The van der Waals surface area contributed by atoms with E-state index in [-0.39, 0.29) is 31.9 Å². The van der Waals surface area contributed by atoms with E-state index in [1.807, 2.05) is 18.2 Å². The topological polar surface area (TPSA) is 90.9 Å². The SMILES string of the molecule is C=C1CNC(C(=O)OCc2ccccc2)C1(C(=O)OCC)C(=O)OCC. The molecule has 0 saturated carbocycles. The second kappa shape index (κ2) is 8.62. The molecule has 0 spiro atoms. The van der Waals surface area contributed by atoms with Gasteiger partial charge in [-0.2, -0.15) is 0 Å². The van der Waals surface area contributed by atoms with Gasteiger partial charge >= 0.3 is 17.9 Å². The molecule has 2 rings (SSSR count). The molecule has 26 heavy (non-hydrogen) atoms. The molecule has 140 valence electrons. The minimum Gasteiger partial charge on any atom is -0.465 e. The maximum atomic E-state index is 12.7. The number of esters is 3. The van der Waals surface area contributed by atoms with Gasteiger partial charge in [0, 0.05) is 6.54 Å². The van der Waals surface area contributed by atoms with Crippen molar-refractivity contribution in [3.05, 3.63) is 48.0 Å². The van der Waals surface area contributed by atoms with Crippen molar-refractivity contribution in [3.8, 4) is 0 Å². The normalized spacial score (nSPS) is 18.2. The molecule has 1 aliphatic heterocycles. The second-order valence-electron chi connectivity index (χ2n) is 5.76. The molecule has 7 nitrogen and oxygen atoms in total. The number of ether oxygens (including phenoxy) is 3. The highest BCUT2D eigenvalue weighted by Gasteiger charge is 2.63. The van der Waals surface area contributed by atoms with Gasteiger partial charge in [0.2, 0.25) is 5.41 Å². The molecule has 0 aromatic heterocycles. The Labute approximate surface area is 152 Å². The van der Waals surface area contributed by atoms with E-state index in [0.717, 1.165) is 5.56 Å². The molecule has 1 saturated heterocycles. The van der Waals surface area contributed by atoms with Crippen LogP contribution in [0.5, 0.6) is 0 Å². The van der Waals surface area contributed by atoms with Crippen LogP contribution in [0.2, 0.25) is 0 Å². The zero-order valence-electron chi connectivity index (χ0n) is 14.9. The summed E-state index contributed by atoms with van der Waals surface area (Å²) >= 11 is 0. The number of carbonyl (C=O) groups excluding carboxylic acids is 3. The Hall–Kier alpha value is -2.67. The molecule has 1 fully saturated rings. The molecule has 0 aliphatic carbocycles. The van der Waals surface area contributed by atoms with Crippen molar-refractivity contribution in [1.82, 2.24) is 5.32 Å². The fraction of sp³-hybridized carbons (Fsp3) is 0.421. The van der Waals surface area contributed by atoms with Crippen LogP contribution in [0.3, 0.4) is 0 Å². The maximum absolute atomic E-state index is 12.7. The lowest BCUT2D eigenvalue weighted by Gasteiger charge is -2.29. The van der Waals surface area contributed by atoms with Gasteiger partial charge in [-0.15, -0.1) is 0 Å². The summed E-state index contributed by atoms with van der Waals surface area (Å²) in [5, 5.41) is 2.84. The van der Waals surface area contributed by atoms with Gasteiger partial charge in [0.25, 0.3) is 0 Å². The highest BCUT2D eigenvalue weighted by molar-refractivity contribution is 6.09. The van der Waals surface area contributed by atoms with Gasteiger partial charge in [-0.05, 0) is 25.0 Å². The molecule has 1 N–H and O–H groups in total. The highest BCUT2D eigenvalue weighted by Crippen LogP contribution is 2.39. The number of hydrogen-bond acceptors (Lipinski definition) is 7. The van der Waals surface area contributed by atoms with Crippen molar-refractivity contribution < 1.29 is 28.6 Å². The average Bonchev–Trinajstić information content (AvgIpc) is 2.99. The molecule has 0 amide bonds. The van der Waals surface area contributed by atoms with Gasteiger partial charge in [0.05, 0.1) is 13.2 Å². The Morgan fingerprint density at radius 2 is 1.65 bits per heavy atom. The first kappa shape index (κ1) is 19.7. The zero-order valence-corrected chi connectivity index (χ0v) is 14.9. The van der Waals surface area contributed by atoms with Crippen molar-refractivity contribution in [2.75, 3.05) is 19.8 Å². The largest absolute Gasteiger partial charge is 0.465 e. The predicted octanol–water partition coefficient (Wildman–Crippen LogP) is 1.37. The van der Waals surface area contributed by atoms with E-state index in [0.29, 0.717) is 0 Å². The van der Waals surface area contributed by atoms with Crippen LogP contribution in [-0.4, -0.2) is 43.7 Å². The quantitative estimate of drug-likeness (QED) is 0.339. The van der Waals surface area contributed by atoms with Gasteiger partial charge in [0.1, 0.15) is 12.6 Å². The summed E-state index contributed by atoms with van der Waals surface area (Å²) in [5.74, 6) is -2.47. The van der Waals surface area contributed by atoms with Crippen molar-refractivity contribution in [1.29, 1.82) is 0 Å². The maximum Gasteiger partial charge on any atom is 0.330 e. The van der Waals surface area contributed by atoms with Crippen LogP contribution in [-0.2, 0) is 35.2 Å². The summed E-state index contributed by atoms with van der Waals surface area (Å²) in [4.78, 5) is 38.0. The van der Waals surface area contributed by atoms with E-state index in [2.05, 4.69) is 11.9 Å². The standard InChI is InChI=1S/C19H23NO6/c1-4-24-17(22)19(18(23)25-5-2)13(3)11-20-15(19)16(21)26-12-14-9-7-6-8-10-14/h6-10,15,20H,3-5,11-12H2,1-2H3. The Bertz CT molecular complexity index is 667. The number of benzene rings is 1. The summed E-state index contributed by atoms with van der Waals surface area (Å²) < 4.78 is 15.4. The van der Waals surface area contributed by atoms with Crippen LogP contribution >= 0.6 is 0 Å². The van der Waals surface area contributed by atoms with Crippen LogP contribution in [0.15, 0.2) is 42.5 Å². The molecular weight excluding hydrogens is 338 g/mol. The van der Waals surface area contributed by atoms with Gasteiger partial charge < -0.3 is 14.2 Å². The summed E-state index contributed by atoms with van der Waals surface area (Å²) in [6.45, 7) is 7.25. The van der Waals surface area contributed by atoms with E-state index in [1.165, 1.54) is 0 Å². The van der Waals surface area contributed by atoms with Crippen LogP contribution in [0.4, 0.5) is 0 Å². The fourth-order valence-corrected chi connectivity index (χ4v) is 2.89. The van der Waals surface area contributed by atoms with Crippen LogP contribution in [0.25, 0.3) is 0 Å². The van der Waals surface area contributed by atoms with Crippen LogP contribution < -0.4 is 5.32 Å². The second-order valence-corrected chi connectivity index (χ2v) is 5.76. The van der Waals surface area contributed by atoms with Gasteiger partial charge in [-0.3, -0.25) is 19.7 Å². The number of nitrogens with one attached hydrogen (secondary N) is 1. The van der Waals surface area contributed by atoms with E-state index >= 15 is 0 Å². The minimum atomic E-state index is -1.94. The van der Waals surface area contributed by atoms with Crippen molar-refractivity contribution >= 4 is 17.9 Å². The van der Waals surface area contributed by atoms with Gasteiger partial charge in [-0.25, -0.2) is 0 Å². The zero-order chi connectivity index (χ0) is 19.2. The molecule has 1 unspecified atom stereocenters. The third kappa shape index (κ3) is 3.62. The van der Waals surface area contributed by atoms with E-state index in [9.17, 15) is 14.4 Å². The minimum absolute atomic E-state index is 0.0199. The molecule has 1 atom stereocenters. The van der Waals surface area contributed by atoms with Crippen molar-refractivity contribution in [3.63, 3.8) is 0 Å². The molecule has 7 heteroatoms. The smallest absolute Gasteiger partial charge is 0.330 e. The van der Waals surface area contributed by atoms with Gasteiger partial charge in [-0.1, -0.05) is 36.9 Å². The number of hydrogen-bond donors (Lipinski definition) is 1. The Kier molecular flexibility index (Phi) is 6.52. The first-order chi connectivity index (χ1) is 12.5. The predicted molar refractivity (Wildman–Crippen MR) is 92.9 cm³/mol. The lowest BCUT2D eigenvalue weighted by Crippen LogP contribution is -2.55. The van der Waals surface area contributed by atoms with E-state index in [1.54, 1.807) is 26.0 Å². The Morgan fingerprint density at radius 1 is 1.08 bits per heavy atom. The lowest BCUT2D eigenvalue weighted by molar-refractivity contribution is -0.175. The van der Waals surface area contributed by atoms with Gasteiger partial charge in [0.15, 0.2) is 0 Å². The van der Waals surface area contributed by atoms with Crippen molar-refractivity contribution in [2.24, 2.45) is 5.41 Å². The summed E-state index contributed by atoms with van der Waals surface area (Å²) in [7, 11) is 0. The summed E-state index contributed by atoms with van der Waals surface area (Å²) in [6, 6.07) is 7.84.